The van der Waals surface area contributed by atoms with Crippen LogP contribution >= 0.6 is 11.6 Å². The Morgan fingerprint density at radius 2 is 2.04 bits per heavy atom. The maximum absolute atomic E-state index is 14.4. The number of carbonyl (C=O) groups is 1. The van der Waals surface area contributed by atoms with Gasteiger partial charge < -0.3 is 9.80 Å². The van der Waals surface area contributed by atoms with Gasteiger partial charge in [0.1, 0.15) is 5.82 Å². The molecule has 1 atom stereocenters. The van der Waals surface area contributed by atoms with Gasteiger partial charge in [0, 0.05) is 25.7 Å². The predicted octanol–water partition coefficient (Wildman–Crippen LogP) is 3.43. The smallest absolute Gasteiger partial charge is 0.227 e. The summed E-state index contributed by atoms with van der Waals surface area (Å²) in [5.41, 5.74) is 1.53. The molecule has 1 saturated carbocycles. The quantitative estimate of drug-likeness (QED) is 0.805. The van der Waals surface area contributed by atoms with Gasteiger partial charge in [0.15, 0.2) is 11.0 Å². The van der Waals surface area contributed by atoms with Crippen LogP contribution in [0.1, 0.15) is 36.8 Å². The summed E-state index contributed by atoms with van der Waals surface area (Å²) in [6.07, 6.45) is 2.37. The fourth-order valence-corrected chi connectivity index (χ4v) is 3.76. The van der Waals surface area contributed by atoms with Crippen LogP contribution in [0.4, 0.5) is 10.2 Å². The van der Waals surface area contributed by atoms with Gasteiger partial charge >= 0.3 is 0 Å². The van der Waals surface area contributed by atoms with Crippen molar-refractivity contribution in [3.63, 3.8) is 0 Å². The van der Waals surface area contributed by atoms with E-state index in [2.05, 4.69) is 15.1 Å². The normalized spacial score (nSPS) is 20.0. The molecule has 1 aromatic carbocycles. The Morgan fingerprint density at radius 1 is 1.22 bits per heavy atom. The lowest BCUT2D eigenvalue weighted by molar-refractivity contribution is -0.132. The number of rotatable bonds is 4. The molecule has 0 spiro atoms. The van der Waals surface area contributed by atoms with Crippen LogP contribution in [0.25, 0.3) is 0 Å². The van der Waals surface area contributed by atoms with Crippen molar-refractivity contribution in [2.75, 3.05) is 24.5 Å². The number of piperazine rings is 1. The molecule has 2 fully saturated rings. The maximum atomic E-state index is 14.4. The molecule has 5 nitrogen and oxygen atoms in total. The molecule has 7 heteroatoms. The van der Waals surface area contributed by atoms with Crippen LogP contribution in [0.5, 0.6) is 0 Å². The molecule has 0 bridgehead atoms. The van der Waals surface area contributed by atoms with Gasteiger partial charge in [-0.1, -0.05) is 23.7 Å². The Hall–Kier alpha value is -2.21. The van der Waals surface area contributed by atoms with E-state index < -0.39 is 0 Å². The minimum Gasteiger partial charge on any atom is -0.351 e. The molecule has 0 unspecified atom stereocenters. The molecular formula is C20H22ClFN4O. The van der Waals surface area contributed by atoms with Gasteiger partial charge in [-0.05, 0) is 55.0 Å². The number of aromatic nitrogens is 2. The minimum absolute atomic E-state index is 0.0116. The highest BCUT2D eigenvalue weighted by Gasteiger charge is 2.29. The van der Waals surface area contributed by atoms with E-state index in [9.17, 15) is 9.18 Å². The van der Waals surface area contributed by atoms with Gasteiger partial charge in [-0.15, -0.1) is 10.2 Å². The largest absolute Gasteiger partial charge is 0.351 e. The van der Waals surface area contributed by atoms with Gasteiger partial charge in [0.25, 0.3) is 0 Å². The third kappa shape index (κ3) is 4.05. The zero-order valence-electron chi connectivity index (χ0n) is 15.2. The van der Waals surface area contributed by atoms with Crippen molar-refractivity contribution in [1.82, 2.24) is 15.1 Å². The first-order valence-corrected chi connectivity index (χ1v) is 9.71. The first-order valence-electron chi connectivity index (χ1n) is 9.33. The van der Waals surface area contributed by atoms with E-state index in [1.165, 1.54) is 0 Å². The molecule has 4 rings (SSSR count). The maximum Gasteiger partial charge on any atom is 0.227 e. The van der Waals surface area contributed by atoms with Crippen molar-refractivity contribution in [1.29, 1.82) is 0 Å². The number of anilines is 1. The number of halogens is 2. The zero-order chi connectivity index (χ0) is 19.0. The summed E-state index contributed by atoms with van der Waals surface area (Å²) < 4.78 is 14.4. The minimum atomic E-state index is -0.268. The summed E-state index contributed by atoms with van der Waals surface area (Å²) in [5.74, 6) is 0.950. The van der Waals surface area contributed by atoms with Crippen molar-refractivity contribution in [2.24, 2.45) is 0 Å². The first-order chi connectivity index (χ1) is 13.0. The molecule has 1 amide bonds. The zero-order valence-corrected chi connectivity index (χ0v) is 16.0. The lowest BCUT2D eigenvalue weighted by atomic mass is 10.0. The number of hydrogen-bond donors (Lipinski definition) is 0. The molecular weight excluding hydrogens is 367 g/mol. The van der Waals surface area contributed by atoms with E-state index in [1.54, 1.807) is 18.2 Å². The summed E-state index contributed by atoms with van der Waals surface area (Å²) in [7, 11) is 0. The molecule has 0 radical (unpaired) electrons. The lowest BCUT2D eigenvalue weighted by Gasteiger charge is -2.40. The van der Waals surface area contributed by atoms with Gasteiger partial charge in [0.05, 0.1) is 6.42 Å². The van der Waals surface area contributed by atoms with Crippen molar-refractivity contribution in [3.05, 3.63) is 52.4 Å². The van der Waals surface area contributed by atoms with Crippen molar-refractivity contribution in [2.45, 2.75) is 38.1 Å². The Kier molecular flexibility index (Phi) is 5.00. The molecule has 2 aromatic rings. The first kappa shape index (κ1) is 18.2. The summed E-state index contributed by atoms with van der Waals surface area (Å²) in [4.78, 5) is 16.7. The van der Waals surface area contributed by atoms with Crippen molar-refractivity contribution < 1.29 is 9.18 Å². The second-order valence-electron chi connectivity index (χ2n) is 7.40. The standard InChI is InChI=1S/C20H22ClFN4O/c1-13-12-25(19-7-6-18(21)23-24-19)8-9-26(13)20(27)11-16-5-4-15(10-17(16)22)14-2-3-14/h4-7,10,13-14H,2-3,8-9,11-12H2,1H3/t13-/m0/s1. The van der Waals surface area contributed by atoms with E-state index in [-0.39, 0.29) is 24.2 Å². The van der Waals surface area contributed by atoms with Crippen LogP contribution < -0.4 is 4.90 Å². The van der Waals surface area contributed by atoms with Crippen LogP contribution in [-0.4, -0.2) is 46.7 Å². The van der Waals surface area contributed by atoms with Gasteiger partial charge in [-0.25, -0.2) is 4.39 Å². The molecule has 1 aromatic heterocycles. The van der Waals surface area contributed by atoms with Crippen LogP contribution in [0, 0.1) is 5.82 Å². The molecule has 27 heavy (non-hydrogen) atoms. The number of nitrogens with zero attached hydrogens (tertiary/aromatic N) is 4. The Labute approximate surface area is 163 Å². The van der Waals surface area contributed by atoms with Crippen LogP contribution in [0.15, 0.2) is 30.3 Å². The predicted molar refractivity (Wildman–Crippen MR) is 103 cm³/mol. The fourth-order valence-electron chi connectivity index (χ4n) is 3.66. The third-order valence-corrected chi connectivity index (χ3v) is 5.56. The van der Waals surface area contributed by atoms with Gasteiger partial charge in [-0.2, -0.15) is 0 Å². The van der Waals surface area contributed by atoms with Crippen LogP contribution in [-0.2, 0) is 11.2 Å². The van der Waals surface area contributed by atoms with Crippen LogP contribution in [0.2, 0.25) is 5.15 Å². The lowest BCUT2D eigenvalue weighted by Crippen LogP contribution is -2.54. The highest BCUT2D eigenvalue weighted by molar-refractivity contribution is 6.29. The number of hydrogen-bond acceptors (Lipinski definition) is 4. The summed E-state index contributed by atoms with van der Waals surface area (Å²) in [5, 5.41) is 8.34. The highest BCUT2D eigenvalue weighted by Crippen LogP contribution is 2.40. The number of benzene rings is 1. The molecule has 142 valence electrons. The third-order valence-electron chi connectivity index (χ3n) is 5.36. The summed E-state index contributed by atoms with van der Waals surface area (Å²) >= 11 is 5.79. The van der Waals surface area contributed by atoms with Crippen molar-refractivity contribution in [3.8, 4) is 0 Å². The molecule has 2 heterocycles. The van der Waals surface area contributed by atoms with E-state index in [4.69, 9.17) is 11.6 Å². The Morgan fingerprint density at radius 3 is 2.67 bits per heavy atom. The SMILES string of the molecule is C[C@H]1CN(c2ccc(Cl)nn2)CCN1C(=O)Cc1ccc(C2CC2)cc1F. The van der Waals surface area contributed by atoms with E-state index in [0.717, 1.165) is 24.2 Å². The summed E-state index contributed by atoms with van der Waals surface area (Å²) in [6, 6.07) is 8.88. The fraction of sp³-hybridized carbons (Fsp3) is 0.450. The molecule has 1 saturated heterocycles. The van der Waals surface area contributed by atoms with E-state index in [1.807, 2.05) is 24.0 Å². The molecule has 2 aliphatic rings. The van der Waals surface area contributed by atoms with Gasteiger partial charge in [0.2, 0.25) is 5.91 Å². The number of amides is 1. The second kappa shape index (κ2) is 7.43. The average Bonchev–Trinajstić information content (AvgIpc) is 3.49. The topological polar surface area (TPSA) is 49.3 Å². The second-order valence-corrected chi connectivity index (χ2v) is 7.79. The summed E-state index contributed by atoms with van der Waals surface area (Å²) in [6.45, 7) is 3.90. The average molecular weight is 389 g/mol. The highest BCUT2D eigenvalue weighted by atomic mass is 35.5. The Bertz CT molecular complexity index is 840. The molecule has 0 N–H and O–H groups in total. The van der Waals surface area contributed by atoms with E-state index in [0.29, 0.717) is 36.3 Å². The monoisotopic (exact) mass is 388 g/mol. The van der Waals surface area contributed by atoms with Crippen LogP contribution in [0.3, 0.4) is 0 Å². The van der Waals surface area contributed by atoms with E-state index >= 15 is 0 Å². The van der Waals surface area contributed by atoms with Crippen molar-refractivity contribution >= 4 is 23.3 Å². The number of carbonyl (C=O) groups excluding carboxylic acids is 1. The molecule has 1 aliphatic heterocycles. The molecule has 1 aliphatic carbocycles. The van der Waals surface area contributed by atoms with Gasteiger partial charge in [-0.3, -0.25) is 4.79 Å². The Balaban J connectivity index is 1.39.